The van der Waals surface area contributed by atoms with E-state index in [1.807, 2.05) is 12.3 Å². The van der Waals surface area contributed by atoms with Crippen LogP contribution in [-0.4, -0.2) is 23.5 Å². The molecule has 4 nitrogen and oxygen atoms in total. The molecule has 5 heteroatoms. The molecule has 1 aromatic rings. The van der Waals surface area contributed by atoms with Gasteiger partial charge in [0.1, 0.15) is 0 Å². The summed E-state index contributed by atoms with van der Waals surface area (Å²) in [5.74, 6) is 0.794. The summed E-state index contributed by atoms with van der Waals surface area (Å²) in [7, 11) is 0. The number of aryl methyl sites for hydroxylation is 1. The molecule has 0 aromatic carbocycles. The molecule has 1 aliphatic rings. The molecule has 2 rings (SSSR count). The Balaban J connectivity index is 1.80. The van der Waals surface area contributed by atoms with Gasteiger partial charge in [0.2, 0.25) is 5.91 Å². The summed E-state index contributed by atoms with van der Waals surface area (Å²) in [5, 5.41) is 9.31. The number of piperidine rings is 1. The molecular formula is C13H21N3OS. The molecule has 0 bridgehead atoms. The van der Waals surface area contributed by atoms with Crippen molar-refractivity contribution in [2.75, 3.05) is 6.54 Å². The predicted molar refractivity (Wildman–Crippen MR) is 73.5 cm³/mol. The Labute approximate surface area is 112 Å². The third kappa shape index (κ3) is 3.53. The van der Waals surface area contributed by atoms with Gasteiger partial charge in [0, 0.05) is 5.38 Å². The van der Waals surface area contributed by atoms with E-state index < -0.39 is 0 Å². The highest BCUT2D eigenvalue weighted by Crippen LogP contribution is 2.19. The summed E-state index contributed by atoms with van der Waals surface area (Å²) in [5.41, 5.74) is 0.953. The molecule has 1 fully saturated rings. The van der Waals surface area contributed by atoms with Crippen LogP contribution in [0.1, 0.15) is 36.9 Å². The fraction of sp³-hybridized carbons (Fsp3) is 0.692. The van der Waals surface area contributed by atoms with Gasteiger partial charge in [-0.3, -0.25) is 4.79 Å². The lowest BCUT2D eigenvalue weighted by molar-refractivity contribution is -0.124. The van der Waals surface area contributed by atoms with Gasteiger partial charge in [-0.2, -0.15) is 0 Å². The summed E-state index contributed by atoms with van der Waals surface area (Å²) in [6, 6.07) is -0.0246. The minimum absolute atomic E-state index is 0.0246. The molecule has 100 valence electrons. The third-order valence-corrected chi connectivity index (χ3v) is 4.34. The second-order valence-electron chi connectivity index (χ2n) is 4.88. The Bertz CT molecular complexity index is 405. The van der Waals surface area contributed by atoms with Gasteiger partial charge in [-0.15, -0.1) is 11.3 Å². The maximum Gasteiger partial charge on any atom is 0.237 e. The van der Waals surface area contributed by atoms with E-state index in [1.165, 1.54) is 6.42 Å². The molecule has 2 N–H and O–H groups in total. The van der Waals surface area contributed by atoms with Crippen LogP contribution in [0.3, 0.4) is 0 Å². The standard InChI is InChI=1S/C13H21N3OS/c1-3-10-4-5-14-12(6-10)13(17)15-7-11-8-18-9(2)16-11/h8,10,12,14H,3-7H2,1-2H3,(H,15,17). The molecule has 2 atom stereocenters. The molecule has 1 aliphatic heterocycles. The molecule has 2 heterocycles. The van der Waals surface area contributed by atoms with Gasteiger partial charge in [-0.25, -0.2) is 4.98 Å². The van der Waals surface area contributed by atoms with E-state index >= 15 is 0 Å². The Hall–Kier alpha value is -0.940. The molecule has 2 unspecified atom stereocenters. The average molecular weight is 267 g/mol. The number of rotatable bonds is 4. The van der Waals surface area contributed by atoms with E-state index in [0.29, 0.717) is 12.5 Å². The summed E-state index contributed by atoms with van der Waals surface area (Å²) < 4.78 is 0. The first-order chi connectivity index (χ1) is 8.69. The van der Waals surface area contributed by atoms with E-state index in [2.05, 4.69) is 22.5 Å². The van der Waals surface area contributed by atoms with Crippen molar-refractivity contribution in [3.05, 3.63) is 16.1 Å². The van der Waals surface area contributed by atoms with Crippen LogP contribution in [0.15, 0.2) is 5.38 Å². The highest BCUT2D eigenvalue weighted by atomic mass is 32.1. The number of amides is 1. The largest absolute Gasteiger partial charge is 0.349 e. The fourth-order valence-corrected chi connectivity index (χ4v) is 2.97. The maximum absolute atomic E-state index is 12.0. The van der Waals surface area contributed by atoms with E-state index in [1.54, 1.807) is 11.3 Å². The lowest BCUT2D eigenvalue weighted by Gasteiger charge is -2.28. The van der Waals surface area contributed by atoms with Gasteiger partial charge < -0.3 is 10.6 Å². The van der Waals surface area contributed by atoms with Gasteiger partial charge >= 0.3 is 0 Å². The molecule has 0 saturated carbocycles. The van der Waals surface area contributed by atoms with Crippen LogP contribution in [-0.2, 0) is 11.3 Å². The minimum atomic E-state index is -0.0246. The number of carbonyl (C=O) groups is 1. The maximum atomic E-state index is 12.0. The quantitative estimate of drug-likeness (QED) is 0.875. The second-order valence-corrected chi connectivity index (χ2v) is 5.94. The fourth-order valence-electron chi connectivity index (χ4n) is 2.36. The molecule has 1 saturated heterocycles. The van der Waals surface area contributed by atoms with Crippen LogP contribution in [0, 0.1) is 12.8 Å². The lowest BCUT2D eigenvalue weighted by atomic mass is 9.90. The number of hydrogen-bond acceptors (Lipinski definition) is 4. The number of hydrogen-bond donors (Lipinski definition) is 2. The summed E-state index contributed by atoms with van der Waals surface area (Å²) in [6.45, 7) is 5.66. The van der Waals surface area contributed by atoms with E-state index in [9.17, 15) is 4.79 Å². The van der Waals surface area contributed by atoms with Crippen molar-refractivity contribution in [3.63, 3.8) is 0 Å². The van der Waals surface area contributed by atoms with Crippen molar-refractivity contribution < 1.29 is 4.79 Å². The van der Waals surface area contributed by atoms with Gasteiger partial charge in [-0.1, -0.05) is 13.3 Å². The van der Waals surface area contributed by atoms with Crippen molar-refractivity contribution in [3.8, 4) is 0 Å². The molecule has 0 spiro atoms. The first-order valence-electron chi connectivity index (χ1n) is 6.61. The number of aromatic nitrogens is 1. The summed E-state index contributed by atoms with van der Waals surface area (Å²) >= 11 is 1.62. The SMILES string of the molecule is CCC1CCNC(C(=O)NCc2csc(C)n2)C1. The van der Waals surface area contributed by atoms with Crippen LogP contribution >= 0.6 is 11.3 Å². The van der Waals surface area contributed by atoms with Crippen molar-refractivity contribution in [1.82, 2.24) is 15.6 Å². The van der Waals surface area contributed by atoms with Crippen LogP contribution in [0.25, 0.3) is 0 Å². The molecule has 0 radical (unpaired) electrons. The summed E-state index contributed by atoms with van der Waals surface area (Å²) in [6.07, 6.45) is 3.31. The van der Waals surface area contributed by atoms with Crippen molar-refractivity contribution >= 4 is 17.2 Å². The Morgan fingerprint density at radius 3 is 3.17 bits per heavy atom. The van der Waals surface area contributed by atoms with Gasteiger partial charge in [0.05, 0.1) is 23.3 Å². The van der Waals surface area contributed by atoms with Crippen LogP contribution in [0.4, 0.5) is 0 Å². The number of thiazole rings is 1. The van der Waals surface area contributed by atoms with Gasteiger partial charge in [0.25, 0.3) is 0 Å². The van der Waals surface area contributed by atoms with Crippen molar-refractivity contribution in [2.45, 2.75) is 45.7 Å². The molecule has 1 aromatic heterocycles. The first-order valence-corrected chi connectivity index (χ1v) is 7.49. The zero-order chi connectivity index (χ0) is 13.0. The highest BCUT2D eigenvalue weighted by Gasteiger charge is 2.25. The number of nitrogens with one attached hydrogen (secondary N) is 2. The van der Waals surface area contributed by atoms with Crippen LogP contribution in [0.2, 0.25) is 0 Å². The van der Waals surface area contributed by atoms with Gasteiger partial charge in [-0.05, 0) is 32.2 Å². The monoisotopic (exact) mass is 267 g/mol. The molecular weight excluding hydrogens is 246 g/mol. The first kappa shape index (κ1) is 13.5. The Morgan fingerprint density at radius 1 is 1.67 bits per heavy atom. The molecule has 0 aliphatic carbocycles. The number of carbonyl (C=O) groups excluding carboxylic acids is 1. The molecule has 1 amide bonds. The highest BCUT2D eigenvalue weighted by molar-refractivity contribution is 7.09. The zero-order valence-corrected chi connectivity index (χ0v) is 11.8. The third-order valence-electron chi connectivity index (χ3n) is 3.52. The topological polar surface area (TPSA) is 54.0 Å². The van der Waals surface area contributed by atoms with Crippen LogP contribution < -0.4 is 10.6 Å². The van der Waals surface area contributed by atoms with Crippen LogP contribution in [0.5, 0.6) is 0 Å². The average Bonchev–Trinajstić information content (AvgIpc) is 2.82. The smallest absolute Gasteiger partial charge is 0.237 e. The lowest BCUT2D eigenvalue weighted by Crippen LogP contribution is -2.48. The summed E-state index contributed by atoms with van der Waals surface area (Å²) in [4.78, 5) is 16.4. The predicted octanol–water partition coefficient (Wildman–Crippen LogP) is 1.85. The van der Waals surface area contributed by atoms with Gasteiger partial charge in [0.15, 0.2) is 0 Å². The van der Waals surface area contributed by atoms with E-state index in [0.717, 1.165) is 30.1 Å². The normalized spacial score (nSPS) is 23.9. The zero-order valence-electron chi connectivity index (χ0n) is 11.0. The van der Waals surface area contributed by atoms with Crippen molar-refractivity contribution in [1.29, 1.82) is 0 Å². The number of nitrogens with zero attached hydrogens (tertiary/aromatic N) is 1. The minimum Gasteiger partial charge on any atom is -0.349 e. The Kier molecular flexibility index (Phi) is 4.72. The second kappa shape index (κ2) is 6.29. The van der Waals surface area contributed by atoms with Crippen molar-refractivity contribution in [2.24, 2.45) is 5.92 Å². The Morgan fingerprint density at radius 2 is 2.50 bits per heavy atom. The van der Waals surface area contributed by atoms with E-state index in [4.69, 9.17) is 0 Å². The van der Waals surface area contributed by atoms with E-state index in [-0.39, 0.29) is 11.9 Å². The molecule has 18 heavy (non-hydrogen) atoms.